The molecule has 2 rings (SSSR count). The summed E-state index contributed by atoms with van der Waals surface area (Å²) in [6, 6.07) is 6.68. The highest BCUT2D eigenvalue weighted by molar-refractivity contribution is 5.40. The molecule has 0 radical (unpaired) electrons. The Morgan fingerprint density at radius 1 is 1.35 bits per heavy atom. The number of fused-ring (bicyclic) bond motifs is 1. The van der Waals surface area contributed by atoms with Crippen molar-refractivity contribution in [3.63, 3.8) is 0 Å². The molecule has 0 spiro atoms. The van der Waals surface area contributed by atoms with Gasteiger partial charge in [0.1, 0.15) is 5.75 Å². The van der Waals surface area contributed by atoms with E-state index in [1.807, 2.05) is 0 Å². The van der Waals surface area contributed by atoms with Gasteiger partial charge in [0.05, 0.1) is 6.61 Å². The zero-order valence-corrected chi connectivity index (χ0v) is 13.2. The van der Waals surface area contributed by atoms with Crippen LogP contribution in [-0.4, -0.2) is 6.61 Å². The largest absolute Gasteiger partial charge is 0.493 e. The number of benzene rings is 1. The molecule has 2 atom stereocenters. The number of ether oxygens (including phenoxy) is 1. The average Bonchev–Trinajstić information content (AvgIpc) is 2.80. The molecule has 0 fully saturated rings. The van der Waals surface area contributed by atoms with Gasteiger partial charge in [0, 0.05) is 12.5 Å². The molecule has 20 heavy (non-hydrogen) atoms. The molecule has 3 nitrogen and oxygen atoms in total. The van der Waals surface area contributed by atoms with Crippen molar-refractivity contribution in [1.29, 1.82) is 0 Å². The summed E-state index contributed by atoms with van der Waals surface area (Å²) in [7, 11) is 0. The smallest absolute Gasteiger partial charge is 0.122 e. The maximum Gasteiger partial charge on any atom is 0.122 e. The second-order valence-electron chi connectivity index (χ2n) is 7.29. The molecule has 0 saturated carbocycles. The number of hydrogen-bond donors (Lipinski definition) is 2. The molecule has 3 N–H and O–H groups in total. The van der Waals surface area contributed by atoms with Crippen LogP contribution < -0.4 is 16.0 Å². The predicted octanol–water partition coefficient (Wildman–Crippen LogP) is 3.59. The minimum Gasteiger partial charge on any atom is -0.493 e. The molecule has 3 heteroatoms. The van der Waals surface area contributed by atoms with Gasteiger partial charge in [0.25, 0.3) is 0 Å². The van der Waals surface area contributed by atoms with Crippen molar-refractivity contribution in [3.05, 3.63) is 29.3 Å². The van der Waals surface area contributed by atoms with E-state index < -0.39 is 0 Å². The summed E-state index contributed by atoms with van der Waals surface area (Å²) in [6.45, 7) is 10.00. The fourth-order valence-electron chi connectivity index (χ4n) is 3.25. The first-order chi connectivity index (χ1) is 9.39. The van der Waals surface area contributed by atoms with Crippen LogP contribution in [-0.2, 0) is 6.42 Å². The molecule has 0 bridgehead atoms. The first-order valence-corrected chi connectivity index (χ1v) is 7.61. The molecular weight excluding hydrogens is 248 g/mol. The van der Waals surface area contributed by atoms with Crippen molar-refractivity contribution < 1.29 is 4.74 Å². The fraction of sp³-hybridized carbons (Fsp3) is 0.647. The summed E-state index contributed by atoms with van der Waals surface area (Å²) in [5.41, 5.74) is 5.94. The van der Waals surface area contributed by atoms with Crippen LogP contribution in [0.25, 0.3) is 0 Å². The highest BCUT2D eigenvalue weighted by Gasteiger charge is 2.21. The molecule has 0 saturated heterocycles. The highest BCUT2D eigenvalue weighted by atomic mass is 16.5. The van der Waals surface area contributed by atoms with E-state index >= 15 is 0 Å². The quantitative estimate of drug-likeness (QED) is 0.638. The van der Waals surface area contributed by atoms with Crippen LogP contribution in [0.2, 0.25) is 0 Å². The van der Waals surface area contributed by atoms with Gasteiger partial charge in [0.15, 0.2) is 0 Å². The van der Waals surface area contributed by atoms with Crippen LogP contribution in [0, 0.1) is 11.3 Å². The van der Waals surface area contributed by atoms with Gasteiger partial charge in [-0.15, -0.1) is 0 Å². The monoisotopic (exact) mass is 276 g/mol. The van der Waals surface area contributed by atoms with Gasteiger partial charge in [-0.1, -0.05) is 39.8 Å². The molecule has 112 valence electrons. The Labute approximate surface area is 122 Å². The van der Waals surface area contributed by atoms with Gasteiger partial charge in [0.2, 0.25) is 0 Å². The zero-order chi connectivity index (χ0) is 14.8. The van der Waals surface area contributed by atoms with Gasteiger partial charge >= 0.3 is 0 Å². The lowest BCUT2D eigenvalue weighted by Crippen LogP contribution is -2.30. The standard InChI is InChI=1S/C17H28N2O/c1-12(11-17(2,3)4)9-15(19-18)13-5-6-16-14(10-13)7-8-20-16/h5-6,10,12,15,19H,7-9,11,18H2,1-4H3. The molecule has 1 aliphatic heterocycles. The minimum absolute atomic E-state index is 0.221. The number of hydrazine groups is 1. The van der Waals surface area contributed by atoms with Gasteiger partial charge in [-0.3, -0.25) is 11.3 Å². The Kier molecular flexibility index (Phi) is 4.71. The first-order valence-electron chi connectivity index (χ1n) is 7.61. The Morgan fingerprint density at radius 3 is 2.75 bits per heavy atom. The summed E-state index contributed by atoms with van der Waals surface area (Å²) in [6.07, 6.45) is 3.28. The molecule has 1 aliphatic rings. The Morgan fingerprint density at radius 2 is 2.10 bits per heavy atom. The lowest BCUT2D eigenvalue weighted by molar-refractivity contribution is 0.276. The van der Waals surface area contributed by atoms with Crippen LogP contribution >= 0.6 is 0 Å². The number of rotatable bonds is 5. The van der Waals surface area contributed by atoms with Crippen molar-refractivity contribution in [2.24, 2.45) is 17.2 Å². The SMILES string of the molecule is CC(CC(NN)c1ccc2c(c1)CCO2)CC(C)(C)C. The lowest BCUT2D eigenvalue weighted by atomic mass is 9.82. The highest BCUT2D eigenvalue weighted by Crippen LogP contribution is 2.33. The van der Waals surface area contributed by atoms with E-state index in [9.17, 15) is 0 Å². The van der Waals surface area contributed by atoms with E-state index in [4.69, 9.17) is 10.6 Å². The number of nitrogens with two attached hydrogens (primary N) is 1. The molecule has 1 aromatic carbocycles. The van der Waals surface area contributed by atoms with Crippen molar-refractivity contribution in [1.82, 2.24) is 5.43 Å². The average molecular weight is 276 g/mol. The van der Waals surface area contributed by atoms with Crippen LogP contribution in [0.3, 0.4) is 0 Å². The topological polar surface area (TPSA) is 47.3 Å². The summed E-state index contributed by atoms with van der Waals surface area (Å²) in [5, 5.41) is 0. The van der Waals surface area contributed by atoms with E-state index in [2.05, 4.69) is 51.3 Å². The summed E-state index contributed by atoms with van der Waals surface area (Å²) >= 11 is 0. The van der Waals surface area contributed by atoms with Gasteiger partial charge in [-0.05, 0) is 41.4 Å². The van der Waals surface area contributed by atoms with Crippen molar-refractivity contribution >= 4 is 0 Å². The normalized spacial score (nSPS) is 17.4. The van der Waals surface area contributed by atoms with E-state index in [1.165, 1.54) is 17.5 Å². The first kappa shape index (κ1) is 15.3. The molecule has 0 aliphatic carbocycles. The summed E-state index contributed by atoms with van der Waals surface area (Å²) in [4.78, 5) is 0. The predicted molar refractivity (Wildman–Crippen MR) is 83.6 cm³/mol. The third-order valence-corrected chi connectivity index (χ3v) is 3.92. The minimum atomic E-state index is 0.221. The molecule has 1 heterocycles. The van der Waals surface area contributed by atoms with Crippen molar-refractivity contribution in [3.8, 4) is 5.75 Å². The fourth-order valence-corrected chi connectivity index (χ4v) is 3.25. The second kappa shape index (κ2) is 6.15. The summed E-state index contributed by atoms with van der Waals surface area (Å²) in [5.74, 6) is 7.45. The van der Waals surface area contributed by atoms with Gasteiger partial charge < -0.3 is 4.74 Å². The Balaban J connectivity index is 2.04. The van der Waals surface area contributed by atoms with Gasteiger partial charge in [-0.2, -0.15) is 0 Å². The third kappa shape index (κ3) is 3.97. The summed E-state index contributed by atoms with van der Waals surface area (Å²) < 4.78 is 5.56. The molecule has 0 aromatic heterocycles. The van der Waals surface area contributed by atoms with E-state index in [0.717, 1.165) is 25.2 Å². The van der Waals surface area contributed by atoms with Crippen LogP contribution in [0.15, 0.2) is 18.2 Å². The maximum absolute atomic E-state index is 5.78. The Bertz CT molecular complexity index is 451. The maximum atomic E-state index is 5.78. The van der Waals surface area contributed by atoms with Crippen LogP contribution in [0.4, 0.5) is 0 Å². The number of hydrogen-bond acceptors (Lipinski definition) is 3. The van der Waals surface area contributed by atoms with Crippen molar-refractivity contribution in [2.75, 3.05) is 6.61 Å². The van der Waals surface area contributed by atoms with E-state index in [0.29, 0.717) is 11.3 Å². The van der Waals surface area contributed by atoms with Crippen LogP contribution in [0.5, 0.6) is 5.75 Å². The molecular formula is C17H28N2O. The lowest BCUT2D eigenvalue weighted by Gasteiger charge is -2.26. The van der Waals surface area contributed by atoms with Crippen molar-refractivity contribution in [2.45, 2.75) is 53.0 Å². The van der Waals surface area contributed by atoms with Gasteiger partial charge in [-0.25, -0.2) is 0 Å². The molecule has 0 amide bonds. The second-order valence-corrected chi connectivity index (χ2v) is 7.29. The third-order valence-electron chi connectivity index (χ3n) is 3.92. The molecule has 1 aromatic rings. The Hall–Kier alpha value is -1.06. The molecule has 2 unspecified atom stereocenters. The van der Waals surface area contributed by atoms with E-state index in [1.54, 1.807) is 0 Å². The van der Waals surface area contributed by atoms with Crippen LogP contribution in [0.1, 0.15) is 57.7 Å². The number of nitrogens with one attached hydrogen (secondary N) is 1. The zero-order valence-electron chi connectivity index (χ0n) is 13.2. The van der Waals surface area contributed by atoms with E-state index in [-0.39, 0.29) is 6.04 Å².